The van der Waals surface area contributed by atoms with Gasteiger partial charge in [-0.2, -0.15) is 13.2 Å². The highest BCUT2D eigenvalue weighted by molar-refractivity contribution is 5.84. The summed E-state index contributed by atoms with van der Waals surface area (Å²) >= 11 is 0. The van der Waals surface area contributed by atoms with Gasteiger partial charge in [0.25, 0.3) is 0 Å². The van der Waals surface area contributed by atoms with Crippen molar-refractivity contribution in [1.82, 2.24) is 0 Å². The van der Waals surface area contributed by atoms with Crippen LogP contribution < -0.4 is 0 Å². The number of alkyl halides is 3. The molecule has 3 rings (SSSR count). The van der Waals surface area contributed by atoms with E-state index in [1.807, 2.05) is 12.1 Å². The van der Waals surface area contributed by atoms with E-state index in [1.54, 1.807) is 0 Å². The second-order valence-electron chi connectivity index (χ2n) is 8.33. The fourth-order valence-corrected chi connectivity index (χ4v) is 4.60. The third-order valence-electron chi connectivity index (χ3n) is 6.32. The van der Waals surface area contributed by atoms with Gasteiger partial charge in [-0.15, -0.1) is 0 Å². The zero-order valence-corrected chi connectivity index (χ0v) is 16.6. The predicted molar refractivity (Wildman–Crippen MR) is 107 cm³/mol. The first-order valence-corrected chi connectivity index (χ1v) is 10.7. The monoisotopic (exact) mass is 394 g/mol. The quantitative estimate of drug-likeness (QED) is 0.326. The van der Waals surface area contributed by atoms with Crippen molar-refractivity contribution < 1.29 is 17.6 Å². The van der Waals surface area contributed by atoms with Crippen molar-refractivity contribution >= 4 is 10.8 Å². The van der Waals surface area contributed by atoms with Gasteiger partial charge in [0, 0.05) is 5.39 Å². The molecule has 0 spiro atoms. The fraction of sp³-hybridized carbons (Fsp3) is 0.583. The lowest BCUT2D eigenvalue weighted by Crippen LogP contribution is -2.13. The molecule has 0 atom stereocenters. The molecule has 0 unspecified atom stereocenters. The van der Waals surface area contributed by atoms with E-state index in [2.05, 4.69) is 6.92 Å². The zero-order chi connectivity index (χ0) is 20.1. The molecule has 1 aliphatic carbocycles. The van der Waals surface area contributed by atoms with E-state index in [0.29, 0.717) is 11.3 Å². The lowest BCUT2D eigenvalue weighted by molar-refractivity contribution is -0.139. The van der Waals surface area contributed by atoms with Crippen LogP contribution in [0.5, 0.6) is 0 Å². The molecule has 0 aromatic heterocycles. The van der Waals surface area contributed by atoms with Crippen molar-refractivity contribution in [2.45, 2.75) is 83.2 Å². The van der Waals surface area contributed by atoms with Gasteiger partial charge in [0.1, 0.15) is 5.82 Å². The van der Waals surface area contributed by atoms with Crippen molar-refractivity contribution in [2.75, 3.05) is 0 Å². The lowest BCUT2D eigenvalue weighted by atomic mass is 9.76. The normalized spacial score (nSPS) is 20.6. The Morgan fingerprint density at radius 2 is 1.61 bits per heavy atom. The Kier molecular flexibility index (Phi) is 7.00. The van der Waals surface area contributed by atoms with Crippen molar-refractivity contribution in [3.8, 4) is 0 Å². The molecule has 0 N–H and O–H groups in total. The molecule has 4 heteroatoms. The van der Waals surface area contributed by atoms with Crippen molar-refractivity contribution in [2.24, 2.45) is 5.92 Å². The van der Waals surface area contributed by atoms with Crippen LogP contribution >= 0.6 is 0 Å². The first-order chi connectivity index (χ1) is 13.4. The minimum Gasteiger partial charge on any atom is -0.206 e. The minimum absolute atomic E-state index is 0.0549. The van der Waals surface area contributed by atoms with Crippen molar-refractivity contribution in [3.63, 3.8) is 0 Å². The van der Waals surface area contributed by atoms with Gasteiger partial charge in [0.2, 0.25) is 0 Å². The SMILES string of the molecule is CCCCCCCC1CCC(c2ccc3c(F)c(C(F)(F)F)ccc3c2)CC1. The maximum absolute atomic E-state index is 14.3. The topological polar surface area (TPSA) is 0 Å². The van der Waals surface area contributed by atoms with Crippen LogP contribution in [0.2, 0.25) is 0 Å². The molecule has 2 aromatic rings. The Hall–Kier alpha value is -1.58. The molecule has 0 radical (unpaired) electrons. The summed E-state index contributed by atoms with van der Waals surface area (Å²) in [6.07, 6.45) is 7.95. The summed E-state index contributed by atoms with van der Waals surface area (Å²) in [5, 5.41) is 0.611. The molecule has 0 bridgehead atoms. The molecule has 1 saturated carbocycles. The molecular formula is C24H30F4. The third-order valence-corrected chi connectivity index (χ3v) is 6.32. The van der Waals surface area contributed by atoms with E-state index in [-0.39, 0.29) is 5.39 Å². The van der Waals surface area contributed by atoms with Gasteiger partial charge in [0.05, 0.1) is 5.56 Å². The third kappa shape index (κ3) is 5.07. The van der Waals surface area contributed by atoms with Crippen LogP contribution in [0.15, 0.2) is 30.3 Å². The summed E-state index contributed by atoms with van der Waals surface area (Å²) in [6, 6.07) is 7.48. The molecule has 2 aromatic carbocycles. The largest absolute Gasteiger partial charge is 0.419 e. The Morgan fingerprint density at radius 3 is 2.29 bits per heavy atom. The average molecular weight is 394 g/mol. The van der Waals surface area contributed by atoms with Crippen LogP contribution in [0.3, 0.4) is 0 Å². The molecule has 0 saturated heterocycles. The first kappa shape index (κ1) is 21.1. The van der Waals surface area contributed by atoms with E-state index in [4.69, 9.17) is 0 Å². The second kappa shape index (κ2) is 9.28. The van der Waals surface area contributed by atoms with Gasteiger partial charge in [-0.1, -0.05) is 69.7 Å². The maximum Gasteiger partial charge on any atom is 0.419 e. The number of unbranched alkanes of at least 4 members (excludes halogenated alkanes) is 4. The molecule has 0 heterocycles. The van der Waals surface area contributed by atoms with Gasteiger partial charge in [-0.3, -0.25) is 0 Å². The summed E-state index contributed by atoms with van der Waals surface area (Å²) in [5.74, 6) is 0.0829. The van der Waals surface area contributed by atoms with Crippen LogP contribution in [0.25, 0.3) is 10.8 Å². The summed E-state index contributed by atoms with van der Waals surface area (Å²) < 4.78 is 52.9. The van der Waals surface area contributed by atoms with E-state index in [9.17, 15) is 17.6 Å². The van der Waals surface area contributed by atoms with Gasteiger partial charge >= 0.3 is 6.18 Å². The highest BCUT2D eigenvalue weighted by atomic mass is 19.4. The first-order valence-electron chi connectivity index (χ1n) is 10.7. The lowest BCUT2D eigenvalue weighted by Gasteiger charge is -2.29. The van der Waals surface area contributed by atoms with Crippen molar-refractivity contribution in [3.05, 3.63) is 47.3 Å². The highest BCUT2D eigenvalue weighted by Gasteiger charge is 2.34. The summed E-state index contributed by atoms with van der Waals surface area (Å²) in [5.41, 5.74) is -0.0553. The van der Waals surface area contributed by atoms with Crippen LogP contribution in [-0.2, 0) is 6.18 Å². The van der Waals surface area contributed by atoms with E-state index in [0.717, 1.165) is 30.4 Å². The molecule has 0 nitrogen and oxygen atoms in total. The highest BCUT2D eigenvalue weighted by Crippen LogP contribution is 2.40. The smallest absolute Gasteiger partial charge is 0.206 e. The number of benzene rings is 2. The van der Waals surface area contributed by atoms with Gasteiger partial charge in [-0.25, -0.2) is 4.39 Å². The Morgan fingerprint density at radius 1 is 0.893 bits per heavy atom. The van der Waals surface area contributed by atoms with Crippen LogP contribution in [-0.4, -0.2) is 0 Å². The predicted octanol–water partition coefficient (Wildman–Crippen LogP) is 8.63. The molecule has 1 aliphatic rings. The van der Waals surface area contributed by atoms with E-state index in [1.165, 1.54) is 63.5 Å². The minimum atomic E-state index is -4.66. The fourth-order valence-electron chi connectivity index (χ4n) is 4.60. The number of hydrogen-bond donors (Lipinski definition) is 0. The molecule has 0 aliphatic heterocycles. The average Bonchev–Trinajstić information content (AvgIpc) is 2.67. The van der Waals surface area contributed by atoms with Crippen LogP contribution in [0, 0.1) is 11.7 Å². The van der Waals surface area contributed by atoms with Crippen LogP contribution in [0.4, 0.5) is 17.6 Å². The van der Waals surface area contributed by atoms with Crippen molar-refractivity contribution in [1.29, 1.82) is 0 Å². The summed E-state index contributed by atoms with van der Waals surface area (Å²) in [6.45, 7) is 2.23. The Labute approximate surface area is 165 Å². The number of fused-ring (bicyclic) bond motifs is 1. The summed E-state index contributed by atoms with van der Waals surface area (Å²) in [4.78, 5) is 0. The van der Waals surface area contributed by atoms with E-state index >= 15 is 0 Å². The standard InChI is InChI=1S/C24H30F4/c1-2-3-4-5-6-7-17-8-10-18(11-9-17)19-12-14-21-20(16-19)13-15-22(23(21)25)24(26,27)28/h12-18H,2-11H2,1H3. The van der Waals surface area contributed by atoms with E-state index < -0.39 is 17.6 Å². The molecule has 0 amide bonds. The van der Waals surface area contributed by atoms with Gasteiger partial charge < -0.3 is 0 Å². The van der Waals surface area contributed by atoms with Gasteiger partial charge in [0.15, 0.2) is 0 Å². The number of rotatable bonds is 7. The summed E-state index contributed by atoms with van der Waals surface area (Å²) in [7, 11) is 0. The van der Waals surface area contributed by atoms with Gasteiger partial charge in [-0.05, 0) is 54.5 Å². The molecule has 154 valence electrons. The Balaban J connectivity index is 1.61. The molecular weight excluding hydrogens is 364 g/mol. The maximum atomic E-state index is 14.3. The number of halogens is 4. The molecule has 28 heavy (non-hydrogen) atoms. The molecule has 1 fully saturated rings. The zero-order valence-electron chi connectivity index (χ0n) is 16.6. The van der Waals surface area contributed by atoms with Crippen LogP contribution in [0.1, 0.15) is 88.2 Å². The number of hydrogen-bond acceptors (Lipinski definition) is 0. The Bertz CT molecular complexity index is 770. The second-order valence-corrected chi connectivity index (χ2v) is 8.33.